The van der Waals surface area contributed by atoms with Gasteiger partial charge in [-0.05, 0) is 271 Å². The molecule has 40 nitrogen and oxygen atoms in total. The number of hydrogen-bond acceptors (Lipinski definition) is 32. The van der Waals surface area contributed by atoms with Gasteiger partial charge in [-0.25, -0.2) is 19.0 Å². The number of nitriles is 2. The van der Waals surface area contributed by atoms with Crippen LogP contribution in [0.15, 0.2) is 152 Å². The molecule has 8 amide bonds. The number of esters is 6. The van der Waals surface area contributed by atoms with E-state index in [4.69, 9.17) is 35.0 Å². The molecule has 0 bridgehead atoms. The number of benzene rings is 10. The maximum Gasteiger partial charge on any atom is 0.346 e. The van der Waals surface area contributed by atoms with Crippen molar-refractivity contribution >= 4 is 178 Å². The van der Waals surface area contributed by atoms with Crippen molar-refractivity contribution in [2.75, 3.05) is 37.7 Å². The van der Waals surface area contributed by atoms with E-state index in [1.165, 1.54) is 31.3 Å². The second kappa shape index (κ2) is 46.8. The van der Waals surface area contributed by atoms with Gasteiger partial charge >= 0.3 is 41.8 Å². The Labute approximate surface area is 856 Å². The first-order valence-corrected chi connectivity index (χ1v) is 48.1. The number of cyclic esters (lactones) is 2. The number of imide groups is 4. The number of carboxylic acids is 1. The molecule has 0 unspecified atom stereocenters. The van der Waals surface area contributed by atoms with Crippen LogP contribution in [0.4, 0.5) is 0 Å². The average molecular weight is 2120 g/mol. The number of aliphatic carboxylic acids is 1. The lowest BCUT2D eigenvalue weighted by atomic mass is 9.92. The van der Waals surface area contributed by atoms with Crippen molar-refractivity contribution < 1.29 is 101 Å². The number of aromatic amines is 1. The van der Waals surface area contributed by atoms with Crippen LogP contribution in [0.2, 0.25) is 0 Å². The number of H-pyrrole nitrogens is 1. The number of aryl methyl sites for hydroxylation is 2. The van der Waals surface area contributed by atoms with Crippen molar-refractivity contribution in [2.24, 2.45) is 19.8 Å². The SMILES string of the molecule is CC(C)(C)OC(=O)CCCN.CC(C)(C)OC(=O)CCCN1C(=O)c2cccc3cc(-c4nn[nH]n4)cc(c23)C1=O.CC(C)(C)OC(=O)CCCN1C(=O)c2cccc3cc(C#N)cc(c23)C1=O.CI.Cl.Cn1nnnc1-c1cc2c3c(cccc3c1)C(=O)N(CCCC(=O)O)C2=O.Cn1nnnc1-c1cc2c3c(cccc3c1)C(=O)N(CCCC(=O)OC(C)(C)C)C2=O.N#Cc1cc2c3c(cccc3c1)C(=O)OC2=O. The van der Waals surface area contributed by atoms with Crippen LogP contribution in [-0.4, -0.2) is 235 Å². The molecule has 146 heavy (non-hydrogen) atoms. The Hall–Kier alpha value is -16.3. The normalized spacial score (nSPS) is 13.2. The number of carboxylic acid groups (broad SMARTS) is 1. The van der Waals surface area contributed by atoms with Crippen LogP contribution in [0, 0.1) is 22.7 Å². The molecule has 18 rings (SSSR count). The molecule has 0 fully saturated rings. The van der Waals surface area contributed by atoms with Gasteiger partial charge in [0.25, 0.3) is 47.3 Å². The minimum absolute atomic E-state index is 0. The number of carbonyl (C=O) groups excluding carboxylic acids is 14. The standard InChI is InChI=1S/C22H23N5O4.C21H21N5O4.C21H20N2O4.C18H15N5O4.C13H5NO3.C8H17NO2.CH3I.ClH/c1-22(2,3)31-17(28)9-6-10-27-20(29)15-8-5-7-13-11-14(19-23-24-25-26(19)4)12-16(18(13)15)21(27)30;1-21(2,3)30-16(27)8-5-9-26-19(28)14-7-4-6-12-10-13(18-22-24-25-23-18)11-15(17(12)14)20(26)29;1-21(2,3)27-17(24)8-5-9-23-19(25)15-7-4-6-14-10-13(12-22)11-16(18(14)15)20(23)26;1-22-16(19-20-21-22)11-8-10-4-2-5-12-15(10)13(9-11)18(27)23(17(12)26)7-3-6-14(24)25;14-6-7-4-8-2-1-3-9-11(8)10(5-7)13(16)17-12(9)15;1-8(2,3)11-7(10)5-4-6-9;1-2;/h5,7-8,11-12H,6,9-10H2,1-4H3;4,6-7,10-11H,5,8-9H2,1-3H3,(H,22,23,24,25);4,6-7,10-11H,5,8-9H2,1-3H3;2,4-5,8-9H,3,6-7H2,1H3,(H,24,25);1-5H;4-6,9H2,1-3H3;1H3;1H. The van der Waals surface area contributed by atoms with Crippen LogP contribution >= 0.6 is 35.0 Å². The number of amides is 8. The van der Waals surface area contributed by atoms with Gasteiger partial charge in [0.1, 0.15) is 22.4 Å². The highest BCUT2D eigenvalue weighted by atomic mass is 127. The lowest BCUT2D eigenvalue weighted by molar-refractivity contribution is -0.156. The minimum atomic E-state index is -0.966. The topological polar surface area (TPSA) is 551 Å². The van der Waals surface area contributed by atoms with Gasteiger partial charge in [-0.2, -0.15) is 15.7 Å². The van der Waals surface area contributed by atoms with Crippen molar-refractivity contribution in [3.05, 3.63) is 218 Å². The van der Waals surface area contributed by atoms with Gasteiger partial charge in [-0.15, -0.1) is 32.8 Å². The van der Waals surface area contributed by atoms with Gasteiger partial charge in [0.05, 0.1) is 34.4 Å². The number of nitrogens with one attached hydrogen (secondary N) is 1. The summed E-state index contributed by atoms with van der Waals surface area (Å²) in [4.78, 5) is 191. The summed E-state index contributed by atoms with van der Waals surface area (Å²) >= 11 is 2.15. The molecule has 8 heterocycles. The Balaban J connectivity index is 0.000000170. The van der Waals surface area contributed by atoms with Crippen molar-refractivity contribution in [1.29, 1.82) is 10.5 Å². The first-order chi connectivity index (χ1) is 68.7. The van der Waals surface area contributed by atoms with Gasteiger partial charge in [0.15, 0.2) is 11.6 Å². The van der Waals surface area contributed by atoms with Crippen LogP contribution in [-0.2, 0) is 61.8 Å². The van der Waals surface area contributed by atoms with E-state index < -0.39 is 64.2 Å². The molecule has 4 N–H and O–H groups in total. The Bertz CT molecular complexity index is 7460. The fourth-order valence-corrected chi connectivity index (χ4v) is 16.5. The summed E-state index contributed by atoms with van der Waals surface area (Å²) in [6, 6.07) is 47.1. The van der Waals surface area contributed by atoms with Gasteiger partial charge in [-0.3, -0.25) is 81.9 Å². The number of alkyl halides is 1. The van der Waals surface area contributed by atoms with E-state index in [-0.39, 0.29) is 123 Å². The maximum atomic E-state index is 13.3. The van der Waals surface area contributed by atoms with E-state index in [0.29, 0.717) is 172 Å². The fourth-order valence-electron chi connectivity index (χ4n) is 16.5. The van der Waals surface area contributed by atoms with Gasteiger partial charge in [-0.1, -0.05) is 83.3 Å². The number of rotatable bonds is 22. The van der Waals surface area contributed by atoms with Crippen LogP contribution in [0.3, 0.4) is 0 Å². The highest BCUT2D eigenvalue weighted by molar-refractivity contribution is 14.1. The van der Waals surface area contributed by atoms with Crippen molar-refractivity contribution in [3.8, 4) is 46.3 Å². The van der Waals surface area contributed by atoms with Gasteiger partial charge in [0.2, 0.25) is 5.82 Å². The van der Waals surface area contributed by atoms with E-state index in [1.807, 2.05) is 74.2 Å². The Morgan fingerprint density at radius 3 is 0.966 bits per heavy atom. The average Bonchev–Trinajstić information content (AvgIpc) is 0.884. The third-order valence-electron chi connectivity index (χ3n) is 22.3. The first-order valence-electron chi connectivity index (χ1n) is 46.0. The maximum absolute atomic E-state index is 13.3. The molecular formula is C104H105ClIN19O21. The highest BCUT2D eigenvalue weighted by Crippen LogP contribution is 2.40. The molecule has 0 atom stereocenters. The number of nitrogens with zero attached hydrogens (tertiary/aromatic N) is 17. The quantitative estimate of drug-likeness (QED) is 0.0142. The zero-order valence-corrected chi connectivity index (χ0v) is 85.6. The number of tetrazole rings is 3. The summed E-state index contributed by atoms with van der Waals surface area (Å²) in [7, 11) is 3.42. The van der Waals surface area contributed by atoms with E-state index >= 15 is 0 Å². The number of aromatic nitrogens is 12. The fraction of sp³-hybridized carbons (Fsp3) is 0.327. The molecule has 3 aromatic heterocycles. The minimum Gasteiger partial charge on any atom is -0.481 e. The van der Waals surface area contributed by atoms with E-state index in [0.717, 1.165) is 26.0 Å². The molecule has 0 saturated heterocycles. The largest absolute Gasteiger partial charge is 0.481 e. The van der Waals surface area contributed by atoms with Crippen LogP contribution in [0.1, 0.15) is 262 Å². The van der Waals surface area contributed by atoms with Crippen molar-refractivity contribution in [3.63, 3.8) is 0 Å². The number of carbonyl (C=O) groups is 15. The number of ether oxygens (including phenoxy) is 5. The summed E-state index contributed by atoms with van der Waals surface area (Å²) in [5.74, 6) is -5.37. The van der Waals surface area contributed by atoms with Crippen molar-refractivity contribution in [2.45, 2.75) is 170 Å². The monoisotopic (exact) mass is 2120 g/mol. The molecule has 0 saturated carbocycles. The molecule has 0 aliphatic carbocycles. The lowest BCUT2D eigenvalue weighted by Crippen LogP contribution is -2.41. The molecule has 756 valence electrons. The van der Waals surface area contributed by atoms with Crippen LogP contribution in [0.25, 0.3) is 88.0 Å². The Kier molecular flexibility index (Phi) is 35.3. The van der Waals surface area contributed by atoms with Gasteiger partial charge in [0, 0.05) is 161 Å². The third-order valence-corrected chi connectivity index (χ3v) is 22.3. The zero-order chi connectivity index (χ0) is 106. The molecule has 0 radical (unpaired) electrons. The van der Waals surface area contributed by atoms with E-state index in [9.17, 15) is 77.2 Å². The highest BCUT2D eigenvalue weighted by Gasteiger charge is 2.40. The first kappa shape index (κ1) is 110. The predicted octanol–water partition coefficient (Wildman–Crippen LogP) is 15.0. The molecular weight excluding hydrogens is 2010 g/mol. The summed E-state index contributed by atoms with van der Waals surface area (Å²) in [5, 5.41) is 70.4. The number of nitrogens with two attached hydrogens (primary N) is 1. The molecule has 10 aromatic carbocycles. The molecule has 42 heteroatoms. The summed E-state index contributed by atoms with van der Waals surface area (Å²) < 4.78 is 28.5. The second-order valence-electron chi connectivity index (χ2n) is 37.6. The van der Waals surface area contributed by atoms with Crippen LogP contribution in [0.5, 0.6) is 0 Å². The summed E-state index contributed by atoms with van der Waals surface area (Å²) in [5.41, 5.74) is 9.82. The number of halogens is 2. The smallest absolute Gasteiger partial charge is 0.346 e. The Morgan fingerprint density at radius 1 is 0.384 bits per heavy atom. The van der Waals surface area contributed by atoms with Crippen molar-refractivity contribution in [1.82, 2.24) is 80.6 Å². The summed E-state index contributed by atoms with van der Waals surface area (Å²) in [6.07, 6.45) is 2.53. The summed E-state index contributed by atoms with van der Waals surface area (Å²) in [6.45, 7) is 22.6. The van der Waals surface area contributed by atoms with Gasteiger partial charge < -0.3 is 34.5 Å². The van der Waals surface area contributed by atoms with E-state index in [2.05, 4.69) is 79.0 Å². The molecule has 5 aliphatic rings. The van der Waals surface area contributed by atoms with Crippen LogP contribution < -0.4 is 5.73 Å². The Morgan fingerprint density at radius 2 is 0.664 bits per heavy atom. The third kappa shape index (κ3) is 26.0. The molecule has 0 spiro atoms. The molecule has 5 aliphatic heterocycles. The number of hydrogen-bond donors (Lipinski definition) is 3. The molecule has 13 aromatic rings. The second-order valence-corrected chi connectivity index (χ2v) is 37.6. The lowest BCUT2D eigenvalue weighted by Gasteiger charge is -2.27. The zero-order valence-electron chi connectivity index (χ0n) is 82.6. The van der Waals surface area contributed by atoms with E-state index in [1.54, 1.807) is 180 Å². The predicted molar refractivity (Wildman–Crippen MR) is 543 cm³/mol.